The lowest BCUT2D eigenvalue weighted by Crippen LogP contribution is -2.18. The molecule has 0 heterocycles. The van der Waals surface area contributed by atoms with E-state index in [0.29, 0.717) is 0 Å². The molecule has 0 atom stereocenters. The van der Waals surface area contributed by atoms with Crippen LogP contribution in [0.1, 0.15) is 5.56 Å². The van der Waals surface area contributed by atoms with Gasteiger partial charge in [-0.05, 0) is 12.1 Å². The summed E-state index contributed by atoms with van der Waals surface area (Å²) in [6.45, 7) is 0. The number of hydrogen-bond acceptors (Lipinski definition) is 3. The quantitative estimate of drug-likeness (QED) is 0.360. The smallest absolute Gasteiger partial charge is 0.405 e. The normalized spacial score (nSPS) is 12.0. The third-order valence-corrected chi connectivity index (χ3v) is 1.44. The second-order valence-electron chi connectivity index (χ2n) is 2.48. The maximum absolute atomic E-state index is 13.0. The first kappa shape index (κ1) is 11.3. The zero-order chi connectivity index (χ0) is 11.5. The molecule has 0 fully saturated rings. The third-order valence-electron chi connectivity index (χ3n) is 1.44. The molecule has 0 amide bonds. The van der Waals surface area contributed by atoms with Crippen molar-refractivity contribution in [3.63, 3.8) is 0 Å². The lowest BCUT2D eigenvalue weighted by Gasteiger charge is -2.11. The van der Waals surface area contributed by atoms with Crippen molar-refractivity contribution < 1.29 is 22.3 Å². The van der Waals surface area contributed by atoms with Gasteiger partial charge in [0.15, 0.2) is 0 Å². The summed E-state index contributed by atoms with van der Waals surface area (Å²) in [5.74, 6) is 3.15. The van der Waals surface area contributed by atoms with Crippen LogP contribution in [0, 0.1) is 5.82 Å². The number of alkyl halides is 3. The Bertz CT molecular complexity index is 375. The van der Waals surface area contributed by atoms with Crippen molar-refractivity contribution in [2.75, 3.05) is 0 Å². The molecule has 0 saturated carbocycles. The molecule has 0 bridgehead atoms. The van der Waals surface area contributed by atoms with Gasteiger partial charge in [0, 0.05) is 0 Å². The minimum atomic E-state index is -4.88. The fourth-order valence-corrected chi connectivity index (χ4v) is 0.931. The van der Waals surface area contributed by atoms with Crippen LogP contribution in [0.4, 0.5) is 17.6 Å². The minimum absolute atomic E-state index is 0.447. The summed E-state index contributed by atoms with van der Waals surface area (Å²) in [5.41, 5.74) is -0.447. The topological polar surface area (TPSA) is 47.6 Å². The van der Waals surface area contributed by atoms with Gasteiger partial charge < -0.3 is 10.6 Å². The van der Waals surface area contributed by atoms with Gasteiger partial charge in [0.25, 0.3) is 0 Å². The van der Waals surface area contributed by atoms with Crippen LogP contribution in [-0.2, 0) is 0 Å². The Hall–Kier alpha value is -1.79. The second-order valence-corrected chi connectivity index (χ2v) is 2.48. The molecule has 0 aliphatic carbocycles. The van der Waals surface area contributed by atoms with Crippen molar-refractivity contribution in [3.05, 3.63) is 29.6 Å². The monoisotopic (exact) mass is 222 g/mol. The molecule has 3 nitrogen and oxygen atoms in total. The number of nitrogens with zero attached hydrogens (tertiary/aromatic N) is 1. The number of nitrogens with two attached hydrogens (primary N) is 1. The molecule has 82 valence electrons. The van der Waals surface area contributed by atoms with Gasteiger partial charge in [-0.3, -0.25) is 0 Å². The highest BCUT2D eigenvalue weighted by molar-refractivity contribution is 5.83. The summed E-state index contributed by atoms with van der Waals surface area (Å²) in [5, 5.41) is 2.95. The van der Waals surface area contributed by atoms with Crippen molar-refractivity contribution in [2.45, 2.75) is 6.36 Å². The van der Waals surface area contributed by atoms with Gasteiger partial charge in [0.05, 0.1) is 11.8 Å². The zero-order valence-corrected chi connectivity index (χ0v) is 7.25. The molecule has 1 aromatic carbocycles. The SMILES string of the molecule is NN=Cc1c(F)cccc1OC(F)(F)F. The average Bonchev–Trinajstić information content (AvgIpc) is 2.08. The molecule has 15 heavy (non-hydrogen) atoms. The van der Waals surface area contributed by atoms with E-state index < -0.39 is 23.5 Å². The van der Waals surface area contributed by atoms with E-state index in [-0.39, 0.29) is 0 Å². The summed E-state index contributed by atoms with van der Waals surface area (Å²) >= 11 is 0. The number of benzene rings is 1. The predicted molar refractivity (Wildman–Crippen MR) is 44.9 cm³/mol. The number of hydrogen-bond donors (Lipinski definition) is 1. The summed E-state index contributed by atoms with van der Waals surface area (Å²) < 4.78 is 52.2. The van der Waals surface area contributed by atoms with Gasteiger partial charge in [0.2, 0.25) is 0 Å². The van der Waals surface area contributed by atoms with E-state index in [1.54, 1.807) is 0 Å². The third kappa shape index (κ3) is 3.12. The molecular formula is C8H6F4N2O. The molecule has 7 heteroatoms. The Morgan fingerprint density at radius 3 is 2.53 bits per heavy atom. The molecule has 0 aliphatic heterocycles. The predicted octanol–water partition coefficient (Wildman–Crippen LogP) is 2.02. The van der Waals surface area contributed by atoms with E-state index in [9.17, 15) is 17.6 Å². The van der Waals surface area contributed by atoms with E-state index >= 15 is 0 Å². The molecular weight excluding hydrogens is 216 g/mol. The minimum Gasteiger partial charge on any atom is -0.405 e. The lowest BCUT2D eigenvalue weighted by molar-refractivity contribution is -0.274. The molecule has 1 rings (SSSR count). The molecule has 1 aromatic rings. The summed E-state index contributed by atoms with van der Waals surface area (Å²) in [7, 11) is 0. The molecule has 0 aromatic heterocycles. The molecule has 0 spiro atoms. The summed E-state index contributed by atoms with van der Waals surface area (Å²) in [6.07, 6.45) is -4.14. The van der Waals surface area contributed by atoms with Crippen molar-refractivity contribution in [3.8, 4) is 5.75 Å². The lowest BCUT2D eigenvalue weighted by atomic mass is 10.2. The summed E-state index contributed by atoms with van der Waals surface area (Å²) in [4.78, 5) is 0. The van der Waals surface area contributed by atoms with Gasteiger partial charge in [0.1, 0.15) is 11.6 Å². The number of halogens is 4. The first-order chi connectivity index (χ1) is 6.94. The average molecular weight is 222 g/mol. The highest BCUT2D eigenvalue weighted by Crippen LogP contribution is 2.26. The van der Waals surface area contributed by atoms with Crippen LogP contribution in [0.15, 0.2) is 23.3 Å². The first-order valence-electron chi connectivity index (χ1n) is 3.71. The molecule has 0 radical (unpaired) electrons. The van der Waals surface area contributed by atoms with Crippen LogP contribution in [-0.4, -0.2) is 12.6 Å². The van der Waals surface area contributed by atoms with Crippen LogP contribution in [0.25, 0.3) is 0 Å². The van der Waals surface area contributed by atoms with Gasteiger partial charge >= 0.3 is 6.36 Å². The maximum atomic E-state index is 13.0. The van der Waals surface area contributed by atoms with E-state index in [2.05, 4.69) is 9.84 Å². The van der Waals surface area contributed by atoms with Crippen LogP contribution >= 0.6 is 0 Å². The van der Waals surface area contributed by atoms with E-state index in [0.717, 1.165) is 24.4 Å². The van der Waals surface area contributed by atoms with Gasteiger partial charge in [-0.25, -0.2) is 4.39 Å². The molecule has 0 unspecified atom stereocenters. The van der Waals surface area contributed by atoms with Crippen molar-refractivity contribution in [2.24, 2.45) is 10.9 Å². The molecule has 0 aliphatic rings. The Balaban J connectivity index is 3.11. The number of ether oxygens (including phenoxy) is 1. The van der Waals surface area contributed by atoms with Crippen LogP contribution in [0.2, 0.25) is 0 Å². The van der Waals surface area contributed by atoms with Gasteiger partial charge in [-0.2, -0.15) is 5.10 Å². The van der Waals surface area contributed by atoms with Gasteiger partial charge in [-0.1, -0.05) is 6.07 Å². The first-order valence-corrected chi connectivity index (χ1v) is 3.71. The summed E-state index contributed by atoms with van der Waals surface area (Å²) in [6, 6.07) is 3.03. The zero-order valence-electron chi connectivity index (χ0n) is 7.25. The largest absolute Gasteiger partial charge is 0.573 e. The standard InChI is InChI=1S/C8H6F4N2O/c9-6-2-1-3-7(5(6)4-14-13)15-8(10,11)12/h1-4H,13H2. The Labute approximate surface area is 82.1 Å². The van der Waals surface area contributed by atoms with E-state index in [4.69, 9.17) is 5.84 Å². The van der Waals surface area contributed by atoms with Gasteiger partial charge in [-0.15, -0.1) is 13.2 Å². The van der Waals surface area contributed by atoms with E-state index in [1.807, 2.05) is 0 Å². The molecule has 2 N–H and O–H groups in total. The maximum Gasteiger partial charge on any atom is 0.573 e. The molecule has 0 saturated heterocycles. The fraction of sp³-hybridized carbons (Fsp3) is 0.125. The van der Waals surface area contributed by atoms with Crippen LogP contribution in [0.3, 0.4) is 0 Å². The van der Waals surface area contributed by atoms with Crippen molar-refractivity contribution in [1.82, 2.24) is 0 Å². The fourth-order valence-electron chi connectivity index (χ4n) is 0.931. The van der Waals surface area contributed by atoms with Crippen LogP contribution in [0.5, 0.6) is 5.75 Å². The number of rotatable bonds is 2. The highest BCUT2D eigenvalue weighted by atomic mass is 19.4. The van der Waals surface area contributed by atoms with Crippen LogP contribution < -0.4 is 10.6 Å². The van der Waals surface area contributed by atoms with Crippen molar-refractivity contribution >= 4 is 6.21 Å². The second kappa shape index (κ2) is 4.16. The highest BCUT2D eigenvalue weighted by Gasteiger charge is 2.32. The Morgan fingerprint density at radius 2 is 2.00 bits per heavy atom. The van der Waals surface area contributed by atoms with E-state index in [1.165, 1.54) is 0 Å². The van der Waals surface area contributed by atoms with Crippen molar-refractivity contribution in [1.29, 1.82) is 0 Å². The Kier molecular flexibility index (Phi) is 3.13. The Morgan fingerprint density at radius 1 is 1.33 bits per heavy atom. The number of hydrazone groups is 1.